The van der Waals surface area contributed by atoms with Crippen molar-refractivity contribution in [3.05, 3.63) is 53.4 Å². The van der Waals surface area contributed by atoms with Crippen LogP contribution in [-0.4, -0.2) is 37.3 Å². The largest absolute Gasteiger partial charge is 0.493 e. The van der Waals surface area contributed by atoms with E-state index in [0.717, 1.165) is 0 Å². The number of alkyl halides is 3. The summed E-state index contributed by atoms with van der Waals surface area (Å²) in [6, 6.07) is 9.35. The fraction of sp³-hybridized carbons (Fsp3) is 0.250. The number of Topliss-reactive ketones (excluding diaryl/α,β-unsaturated/α-hetero) is 1. The van der Waals surface area contributed by atoms with Gasteiger partial charge in [0, 0.05) is 17.5 Å². The molecule has 158 valence electrons. The zero-order chi connectivity index (χ0) is 21.9. The second kappa shape index (κ2) is 8.44. The van der Waals surface area contributed by atoms with E-state index in [2.05, 4.69) is 14.7 Å². The molecule has 2 aromatic carbocycles. The molecule has 7 nitrogen and oxygen atoms in total. The van der Waals surface area contributed by atoms with Crippen LogP contribution in [0.25, 0.3) is 11.4 Å². The van der Waals surface area contributed by atoms with Gasteiger partial charge < -0.3 is 18.7 Å². The number of nitrogens with zero attached hydrogens (tertiary/aromatic N) is 2. The number of aromatic nitrogens is 2. The molecular weight excluding hydrogens is 405 g/mol. The predicted molar refractivity (Wildman–Crippen MR) is 98.9 cm³/mol. The maximum absolute atomic E-state index is 12.7. The molecule has 0 spiro atoms. The van der Waals surface area contributed by atoms with Crippen molar-refractivity contribution >= 4 is 5.78 Å². The first kappa shape index (κ1) is 21.2. The number of halogens is 3. The van der Waals surface area contributed by atoms with E-state index >= 15 is 0 Å². The molecule has 3 rings (SSSR count). The zero-order valence-electron chi connectivity index (χ0n) is 16.2. The van der Waals surface area contributed by atoms with Crippen LogP contribution < -0.4 is 14.2 Å². The van der Waals surface area contributed by atoms with Crippen LogP contribution in [0.5, 0.6) is 17.2 Å². The van der Waals surface area contributed by atoms with Crippen molar-refractivity contribution in [2.24, 2.45) is 0 Å². The number of hydrogen-bond donors (Lipinski definition) is 0. The van der Waals surface area contributed by atoms with Crippen molar-refractivity contribution in [2.45, 2.75) is 12.6 Å². The van der Waals surface area contributed by atoms with Crippen LogP contribution in [0.2, 0.25) is 0 Å². The van der Waals surface area contributed by atoms with E-state index < -0.39 is 12.1 Å². The quantitative estimate of drug-likeness (QED) is 0.528. The second-order valence-corrected chi connectivity index (χ2v) is 6.13. The molecule has 0 atom stereocenters. The Morgan fingerprint density at radius 3 is 2.07 bits per heavy atom. The van der Waals surface area contributed by atoms with Gasteiger partial charge in [0.1, 0.15) is 0 Å². The fourth-order valence-electron chi connectivity index (χ4n) is 2.76. The van der Waals surface area contributed by atoms with E-state index in [1.807, 2.05) is 0 Å². The molecule has 0 saturated heterocycles. The summed E-state index contributed by atoms with van der Waals surface area (Å²) in [5.41, 5.74) is 1.34. The first-order valence-corrected chi connectivity index (χ1v) is 8.60. The Balaban J connectivity index is 1.79. The van der Waals surface area contributed by atoms with E-state index in [9.17, 15) is 18.0 Å². The molecule has 30 heavy (non-hydrogen) atoms. The first-order chi connectivity index (χ1) is 14.3. The highest BCUT2D eigenvalue weighted by atomic mass is 19.4. The molecular formula is C20H17F3N2O5. The molecule has 0 N–H and O–H groups in total. The number of ether oxygens (including phenoxy) is 3. The average molecular weight is 422 g/mol. The Kier molecular flexibility index (Phi) is 5.95. The lowest BCUT2D eigenvalue weighted by Gasteiger charge is -2.13. The van der Waals surface area contributed by atoms with E-state index in [4.69, 9.17) is 14.2 Å². The number of rotatable bonds is 7. The third-order valence-electron chi connectivity index (χ3n) is 4.23. The summed E-state index contributed by atoms with van der Waals surface area (Å²) in [6.07, 6.45) is -4.66. The lowest BCUT2D eigenvalue weighted by atomic mass is 10.0. The number of carbonyl (C=O) groups is 1. The van der Waals surface area contributed by atoms with Crippen LogP contribution in [0, 0.1) is 0 Å². The molecule has 0 saturated carbocycles. The summed E-state index contributed by atoms with van der Waals surface area (Å²) < 4.78 is 57.7. The van der Waals surface area contributed by atoms with Gasteiger partial charge in [0.25, 0.3) is 0 Å². The fourth-order valence-corrected chi connectivity index (χ4v) is 2.76. The molecule has 0 bridgehead atoms. The Hall–Kier alpha value is -3.56. The SMILES string of the molecule is COc1cc(C(=O)Cc2ccc(-c3noc(C(F)(F)F)n3)cc2)cc(OC)c1OC. The zero-order valence-corrected chi connectivity index (χ0v) is 16.2. The summed E-state index contributed by atoms with van der Waals surface area (Å²) in [5, 5.41) is 3.33. The molecule has 0 aliphatic carbocycles. The molecule has 0 fully saturated rings. The van der Waals surface area contributed by atoms with E-state index in [1.165, 1.54) is 33.5 Å². The van der Waals surface area contributed by atoms with Gasteiger partial charge in [-0.05, 0) is 17.7 Å². The standard InChI is InChI=1S/C20H17F3N2O5/c1-27-15-9-13(10-16(28-2)17(15)29-3)14(26)8-11-4-6-12(7-5-11)18-24-19(30-25-18)20(21,22)23/h4-7,9-10H,8H2,1-3H3. The molecule has 0 aliphatic heterocycles. The van der Waals surface area contributed by atoms with Crippen LogP contribution in [0.1, 0.15) is 21.8 Å². The topological polar surface area (TPSA) is 83.7 Å². The van der Waals surface area contributed by atoms with Crippen molar-refractivity contribution < 1.29 is 36.7 Å². The first-order valence-electron chi connectivity index (χ1n) is 8.60. The summed E-state index contributed by atoms with van der Waals surface area (Å²) >= 11 is 0. The third kappa shape index (κ3) is 4.37. The third-order valence-corrected chi connectivity index (χ3v) is 4.23. The number of methoxy groups -OCH3 is 3. The minimum Gasteiger partial charge on any atom is -0.493 e. The molecule has 1 heterocycles. The van der Waals surface area contributed by atoms with Crippen molar-refractivity contribution in [2.75, 3.05) is 21.3 Å². The summed E-state index contributed by atoms with van der Waals surface area (Å²) in [6.45, 7) is 0. The van der Waals surface area contributed by atoms with Crippen LogP contribution in [-0.2, 0) is 12.6 Å². The van der Waals surface area contributed by atoms with Gasteiger partial charge in [-0.3, -0.25) is 4.79 Å². The van der Waals surface area contributed by atoms with Crippen LogP contribution in [0.4, 0.5) is 13.2 Å². The number of ketones is 1. The number of carbonyl (C=O) groups excluding carboxylic acids is 1. The highest BCUT2D eigenvalue weighted by Crippen LogP contribution is 2.38. The van der Waals surface area contributed by atoms with Crippen molar-refractivity contribution in [3.63, 3.8) is 0 Å². The van der Waals surface area contributed by atoms with Crippen LogP contribution >= 0.6 is 0 Å². The minimum absolute atomic E-state index is 0.0545. The smallest absolute Gasteiger partial charge is 0.471 e. The Morgan fingerprint density at radius 2 is 1.60 bits per heavy atom. The van der Waals surface area contributed by atoms with E-state index in [0.29, 0.717) is 33.9 Å². The van der Waals surface area contributed by atoms with Gasteiger partial charge in [-0.2, -0.15) is 18.2 Å². The normalized spacial score (nSPS) is 11.3. The lowest BCUT2D eigenvalue weighted by Crippen LogP contribution is -2.06. The van der Waals surface area contributed by atoms with Gasteiger partial charge >= 0.3 is 12.1 Å². The Labute approximate surface area is 169 Å². The highest BCUT2D eigenvalue weighted by Gasteiger charge is 2.38. The molecule has 0 amide bonds. The van der Waals surface area contributed by atoms with Crippen LogP contribution in [0.15, 0.2) is 40.9 Å². The van der Waals surface area contributed by atoms with Gasteiger partial charge in [-0.25, -0.2) is 0 Å². The molecule has 0 unspecified atom stereocenters. The van der Waals surface area contributed by atoms with Crippen molar-refractivity contribution in [1.29, 1.82) is 0 Å². The van der Waals surface area contributed by atoms with Gasteiger partial charge in [0.05, 0.1) is 21.3 Å². The highest BCUT2D eigenvalue weighted by molar-refractivity contribution is 5.98. The number of hydrogen-bond acceptors (Lipinski definition) is 7. The maximum atomic E-state index is 12.7. The number of benzene rings is 2. The second-order valence-electron chi connectivity index (χ2n) is 6.13. The minimum atomic E-state index is -4.71. The average Bonchev–Trinajstić information content (AvgIpc) is 3.24. The molecule has 0 aliphatic rings. The monoisotopic (exact) mass is 422 g/mol. The van der Waals surface area contributed by atoms with Gasteiger partial charge in [0.15, 0.2) is 17.3 Å². The Morgan fingerprint density at radius 1 is 1.00 bits per heavy atom. The molecule has 10 heteroatoms. The lowest BCUT2D eigenvalue weighted by molar-refractivity contribution is -0.159. The van der Waals surface area contributed by atoms with E-state index in [-0.39, 0.29) is 18.0 Å². The van der Waals surface area contributed by atoms with Crippen molar-refractivity contribution in [3.8, 4) is 28.6 Å². The van der Waals surface area contributed by atoms with Gasteiger partial charge in [-0.15, -0.1) is 0 Å². The maximum Gasteiger partial charge on any atom is 0.471 e. The summed E-state index contributed by atoms with van der Waals surface area (Å²) in [7, 11) is 4.36. The summed E-state index contributed by atoms with van der Waals surface area (Å²) in [5.74, 6) is -0.731. The van der Waals surface area contributed by atoms with Gasteiger partial charge in [-0.1, -0.05) is 29.4 Å². The molecule has 1 aromatic heterocycles. The molecule has 3 aromatic rings. The van der Waals surface area contributed by atoms with Gasteiger partial charge in [0.2, 0.25) is 11.6 Å². The van der Waals surface area contributed by atoms with E-state index in [1.54, 1.807) is 24.3 Å². The van der Waals surface area contributed by atoms with Crippen molar-refractivity contribution in [1.82, 2.24) is 10.1 Å². The van der Waals surface area contributed by atoms with Crippen LogP contribution in [0.3, 0.4) is 0 Å². The Bertz CT molecular complexity index is 1020. The molecule has 0 radical (unpaired) electrons. The summed E-state index contributed by atoms with van der Waals surface area (Å²) in [4.78, 5) is 16.0. The predicted octanol–water partition coefficient (Wildman–Crippen LogP) is 4.21.